The molecule has 0 saturated heterocycles. The van der Waals surface area contributed by atoms with Crippen LogP contribution in [0.1, 0.15) is 5.69 Å². The predicted molar refractivity (Wildman–Crippen MR) is 125 cm³/mol. The molecular formula is C25H21N5O. The summed E-state index contributed by atoms with van der Waals surface area (Å²) in [4.78, 5) is 20.8. The number of hydrogen-bond acceptors (Lipinski definition) is 4. The Kier molecular flexibility index (Phi) is 4.59. The molecule has 0 spiro atoms. The van der Waals surface area contributed by atoms with Crippen LogP contribution < -0.4 is 10.6 Å². The third kappa shape index (κ3) is 3.38. The highest BCUT2D eigenvalue weighted by Gasteiger charge is 2.12. The lowest BCUT2D eigenvalue weighted by molar-refractivity contribution is 0.245. The lowest BCUT2D eigenvalue weighted by Crippen LogP contribution is -2.25. The number of hydrogen-bond donors (Lipinski definition) is 2. The van der Waals surface area contributed by atoms with E-state index in [4.69, 9.17) is 0 Å². The maximum atomic E-state index is 12.2. The van der Waals surface area contributed by atoms with Crippen LogP contribution >= 0.6 is 0 Å². The molecule has 0 bridgehead atoms. The standard InChI is InChI=1S/C25H21N5O/c1-16-13-19-14-20(4-6-24(19)30(16)25(31)26-2)29-22-9-12-28-23-15-18(3-5-21(22)23)17-7-10-27-11-8-17/h3-15H,1-2H3,(H,26,31)(H,28,29). The van der Waals surface area contributed by atoms with Gasteiger partial charge in [0.2, 0.25) is 0 Å². The minimum atomic E-state index is -0.140. The van der Waals surface area contributed by atoms with Gasteiger partial charge < -0.3 is 10.6 Å². The number of aromatic nitrogens is 3. The van der Waals surface area contributed by atoms with Gasteiger partial charge in [0.1, 0.15) is 0 Å². The Morgan fingerprint density at radius 2 is 1.74 bits per heavy atom. The third-order valence-corrected chi connectivity index (χ3v) is 5.44. The summed E-state index contributed by atoms with van der Waals surface area (Å²) in [5.74, 6) is 0. The fourth-order valence-electron chi connectivity index (χ4n) is 3.95. The average molecular weight is 407 g/mol. The fraction of sp³-hybridized carbons (Fsp3) is 0.0800. The molecule has 6 nitrogen and oxygen atoms in total. The highest BCUT2D eigenvalue weighted by Crippen LogP contribution is 2.30. The molecule has 1 amide bonds. The SMILES string of the molecule is CNC(=O)n1c(C)cc2cc(Nc3ccnc4cc(-c5ccncc5)ccc34)ccc21. The largest absolute Gasteiger partial charge is 0.355 e. The molecule has 0 saturated carbocycles. The molecule has 0 radical (unpaired) electrons. The molecule has 0 fully saturated rings. The van der Waals surface area contributed by atoms with E-state index in [1.165, 1.54) is 0 Å². The Labute approximate surface area is 179 Å². The minimum Gasteiger partial charge on any atom is -0.355 e. The van der Waals surface area contributed by atoms with Crippen molar-refractivity contribution in [1.29, 1.82) is 0 Å². The van der Waals surface area contributed by atoms with E-state index in [2.05, 4.69) is 44.9 Å². The molecule has 6 heteroatoms. The van der Waals surface area contributed by atoms with Crippen LogP contribution in [0.4, 0.5) is 16.2 Å². The monoisotopic (exact) mass is 407 g/mol. The molecule has 0 atom stereocenters. The zero-order valence-electron chi connectivity index (χ0n) is 17.3. The Bertz CT molecular complexity index is 1420. The highest BCUT2D eigenvalue weighted by atomic mass is 16.2. The number of aryl methyl sites for hydroxylation is 1. The van der Waals surface area contributed by atoms with E-state index in [9.17, 15) is 4.79 Å². The van der Waals surface area contributed by atoms with Crippen molar-refractivity contribution in [1.82, 2.24) is 19.9 Å². The van der Waals surface area contributed by atoms with E-state index in [1.54, 1.807) is 24.0 Å². The first-order valence-corrected chi connectivity index (χ1v) is 10.0. The van der Waals surface area contributed by atoms with E-state index < -0.39 is 0 Å². The number of rotatable bonds is 3. The summed E-state index contributed by atoms with van der Waals surface area (Å²) in [6, 6.07) is 20.1. The molecule has 5 rings (SSSR count). The van der Waals surface area contributed by atoms with Gasteiger partial charge in [-0.05, 0) is 66.6 Å². The number of carbonyl (C=O) groups is 1. The molecule has 3 aromatic heterocycles. The topological polar surface area (TPSA) is 71.8 Å². The summed E-state index contributed by atoms with van der Waals surface area (Å²) in [5.41, 5.74) is 6.83. The van der Waals surface area contributed by atoms with E-state index >= 15 is 0 Å². The van der Waals surface area contributed by atoms with E-state index in [0.29, 0.717) is 0 Å². The van der Waals surface area contributed by atoms with Crippen molar-refractivity contribution in [2.75, 3.05) is 12.4 Å². The van der Waals surface area contributed by atoms with E-state index in [0.717, 1.165) is 50.0 Å². The molecule has 3 heterocycles. The van der Waals surface area contributed by atoms with Gasteiger partial charge in [0.25, 0.3) is 0 Å². The van der Waals surface area contributed by atoms with Crippen molar-refractivity contribution in [3.05, 3.63) is 84.9 Å². The number of pyridine rings is 2. The van der Waals surface area contributed by atoms with Crippen LogP contribution in [0.5, 0.6) is 0 Å². The Morgan fingerprint density at radius 3 is 2.55 bits per heavy atom. The second-order valence-electron chi connectivity index (χ2n) is 7.40. The second kappa shape index (κ2) is 7.57. The number of fused-ring (bicyclic) bond motifs is 2. The van der Waals surface area contributed by atoms with Gasteiger partial charge in [-0.15, -0.1) is 0 Å². The zero-order valence-corrected chi connectivity index (χ0v) is 17.3. The molecule has 2 aromatic carbocycles. The zero-order chi connectivity index (χ0) is 21.4. The van der Waals surface area contributed by atoms with Crippen LogP contribution in [-0.2, 0) is 0 Å². The van der Waals surface area contributed by atoms with Crippen molar-refractivity contribution in [3.8, 4) is 11.1 Å². The smallest absolute Gasteiger partial charge is 0.325 e. The van der Waals surface area contributed by atoms with Crippen LogP contribution in [-0.4, -0.2) is 27.6 Å². The normalized spacial score (nSPS) is 11.0. The average Bonchev–Trinajstić information content (AvgIpc) is 3.14. The lowest BCUT2D eigenvalue weighted by atomic mass is 10.0. The number of benzene rings is 2. The Balaban J connectivity index is 1.51. The van der Waals surface area contributed by atoms with Crippen molar-refractivity contribution < 1.29 is 4.79 Å². The van der Waals surface area contributed by atoms with Gasteiger partial charge in [0, 0.05) is 53.5 Å². The predicted octanol–water partition coefficient (Wildman–Crippen LogP) is 5.49. The lowest BCUT2D eigenvalue weighted by Gasteiger charge is -2.11. The summed E-state index contributed by atoms with van der Waals surface area (Å²) in [7, 11) is 1.64. The molecule has 152 valence electrons. The molecule has 0 aliphatic carbocycles. The van der Waals surface area contributed by atoms with Crippen LogP contribution in [0.3, 0.4) is 0 Å². The molecule has 0 aliphatic heterocycles. The van der Waals surface area contributed by atoms with Crippen molar-refractivity contribution in [3.63, 3.8) is 0 Å². The summed E-state index contributed by atoms with van der Waals surface area (Å²) in [6.07, 6.45) is 5.39. The maximum Gasteiger partial charge on any atom is 0.325 e. The van der Waals surface area contributed by atoms with Crippen molar-refractivity contribution >= 4 is 39.2 Å². The van der Waals surface area contributed by atoms with Gasteiger partial charge >= 0.3 is 6.03 Å². The van der Waals surface area contributed by atoms with Crippen molar-refractivity contribution in [2.24, 2.45) is 0 Å². The van der Waals surface area contributed by atoms with Crippen molar-refractivity contribution in [2.45, 2.75) is 6.92 Å². The van der Waals surface area contributed by atoms with Gasteiger partial charge in [-0.3, -0.25) is 14.5 Å². The summed E-state index contributed by atoms with van der Waals surface area (Å²) >= 11 is 0. The van der Waals surface area contributed by atoms with Gasteiger partial charge in [0.15, 0.2) is 0 Å². The van der Waals surface area contributed by atoms with Crippen LogP contribution in [0.15, 0.2) is 79.3 Å². The molecule has 5 aromatic rings. The Morgan fingerprint density at radius 1 is 0.903 bits per heavy atom. The quantitative estimate of drug-likeness (QED) is 0.415. The van der Waals surface area contributed by atoms with Gasteiger partial charge in [0.05, 0.1) is 11.0 Å². The van der Waals surface area contributed by atoms with Gasteiger partial charge in [-0.2, -0.15) is 0 Å². The van der Waals surface area contributed by atoms with Gasteiger partial charge in [-0.25, -0.2) is 4.79 Å². The number of anilines is 2. The first kappa shape index (κ1) is 18.8. The maximum absolute atomic E-state index is 12.2. The highest BCUT2D eigenvalue weighted by molar-refractivity contribution is 5.97. The number of nitrogens with zero attached hydrogens (tertiary/aromatic N) is 3. The van der Waals surface area contributed by atoms with Gasteiger partial charge in [-0.1, -0.05) is 12.1 Å². The number of carbonyl (C=O) groups excluding carboxylic acids is 1. The molecule has 0 aliphatic rings. The minimum absolute atomic E-state index is 0.140. The number of amides is 1. The fourth-order valence-corrected chi connectivity index (χ4v) is 3.95. The molecular weight excluding hydrogens is 386 g/mol. The second-order valence-corrected chi connectivity index (χ2v) is 7.40. The van der Waals surface area contributed by atoms with E-state index in [1.807, 2.05) is 49.5 Å². The van der Waals surface area contributed by atoms with Crippen LogP contribution in [0.2, 0.25) is 0 Å². The summed E-state index contributed by atoms with van der Waals surface area (Å²) in [6.45, 7) is 1.93. The van der Waals surface area contributed by atoms with E-state index in [-0.39, 0.29) is 6.03 Å². The molecule has 0 unspecified atom stereocenters. The van der Waals surface area contributed by atoms with Crippen LogP contribution in [0.25, 0.3) is 32.9 Å². The Hall–Kier alpha value is -4.19. The summed E-state index contributed by atoms with van der Waals surface area (Å²) < 4.78 is 1.68. The third-order valence-electron chi connectivity index (χ3n) is 5.44. The van der Waals surface area contributed by atoms with Crippen LogP contribution in [0, 0.1) is 6.92 Å². The number of nitrogens with one attached hydrogen (secondary N) is 2. The summed E-state index contributed by atoms with van der Waals surface area (Å²) in [5, 5.41) is 8.24. The molecule has 31 heavy (non-hydrogen) atoms. The first-order valence-electron chi connectivity index (χ1n) is 10.0. The first-order chi connectivity index (χ1) is 15.1. The molecule has 2 N–H and O–H groups in total.